The zero-order valence-corrected chi connectivity index (χ0v) is 9.66. The van der Waals surface area contributed by atoms with Crippen molar-refractivity contribution in [3.8, 4) is 5.69 Å². The summed E-state index contributed by atoms with van der Waals surface area (Å²) in [5.74, 6) is 0.541. The van der Waals surface area contributed by atoms with Gasteiger partial charge in [-0.3, -0.25) is 4.57 Å². The minimum Gasteiger partial charge on any atom is -0.369 e. The molecule has 0 unspecified atom stereocenters. The number of anilines is 1. The normalized spacial score (nSPS) is 11.1. The van der Waals surface area contributed by atoms with Crippen LogP contribution in [0.25, 0.3) is 16.7 Å². The van der Waals surface area contributed by atoms with E-state index >= 15 is 0 Å². The lowest BCUT2D eigenvalue weighted by molar-refractivity contribution is 1.12. The third kappa shape index (κ3) is 1.31. The van der Waals surface area contributed by atoms with Gasteiger partial charge in [0.2, 0.25) is 5.95 Å². The number of hydrogen-bond acceptors (Lipinski definition) is 3. The Morgan fingerprint density at radius 2 is 2.19 bits per heavy atom. The standard InChI is InChI=1S/C12H11N3S/c1-8-2-3-11-10(6-8)14-12(13)15(11)9-4-5-16-7-9/h2-7H,1H3,(H2,13,14). The summed E-state index contributed by atoms with van der Waals surface area (Å²) in [5, 5.41) is 4.10. The minimum atomic E-state index is 0.541. The van der Waals surface area contributed by atoms with Crippen molar-refractivity contribution < 1.29 is 0 Å². The molecular weight excluding hydrogens is 218 g/mol. The van der Waals surface area contributed by atoms with Gasteiger partial charge in [-0.05, 0) is 36.1 Å². The van der Waals surface area contributed by atoms with Gasteiger partial charge in [-0.15, -0.1) is 0 Å². The molecule has 2 N–H and O–H groups in total. The van der Waals surface area contributed by atoms with Crippen molar-refractivity contribution in [3.05, 3.63) is 40.6 Å². The molecule has 0 saturated heterocycles. The number of fused-ring (bicyclic) bond motifs is 1. The van der Waals surface area contributed by atoms with Gasteiger partial charge in [0.1, 0.15) is 0 Å². The first-order valence-electron chi connectivity index (χ1n) is 5.03. The molecular formula is C12H11N3S. The summed E-state index contributed by atoms with van der Waals surface area (Å²) in [6, 6.07) is 8.23. The van der Waals surface area contributed by atoms with E-state index in [4.69, 9.17) is 5.73 Å². The van der Waals surface area contributed by atoms with Gasteiger partial charge in [-0.2, -0.15) is 11.3 Å². The zero-order chi connectivity index (χ0) is 11.1. The van der Waals surface area contributed by atoms with Crippen LogP contribution < -0.4 is 5.73 Å². The van der Waals surface area contributed by atoms with Crippen LogP contribution in [-0.2, 0) is 0 Å². The summed E-state index contributed by atoms with van der Waals surface area (Å²) in [6.07, 6.45) is 0. The van der Waals surface area contributed by atoms with Crippen LogP contribution in [0, 0.1) is 6.92 Å². The lowest BCUT2D eigenvalue weighted by Gasteiger charge is -2.02. The van der Waals surface area contributed by atoms with E-state index in [1.54, 1.807) is 11.3 Å². The summed E-state index contributed by atoms with van der Waals surface area (Å²) < 4.78 is 1.98. The van der Waals surface area contributed by atoms with Crippen molar-refractivity contribution in [2.45, 2.75) is 6.92 Å². The number of aryl methyl sites for hydroxylation is 1. The molecule has 2 heterocycles. The first kappa shape index (κ1) is 9.42. The van der Waals surface area contributed by atoms with E-state index in [-0.39, 0.29) is 0 Å². The van der Waals surface area contributed by atoms with Crippen LogP contribution in [0.15, 0.2) is 35.0 Å². The highest BCUT2D eigenvalue weighted by Gasteiger charge is 2.09. The molecule has 0 aliphatic carbocycles. The molecule has 80 valence electrons. The molecule has 0 aliphatic heterocycles. The molecule has 0 radical (unpaired) electrons. The quantitative estimate of drug-likeness (QED) is 0.697. The van der Waals surface area contributed by atoms with Gasteiger partial charge in [0.05, 0.1) is 16.7 Å². The topological polar surface area (TPSA) is 43.8 Å². The largest absolute Gasteiger partial charge is 0.369 e. The van der Waals surface area contributed by atoms with E-state index in [0.29, 0.717) is 5.95 Å². The molecule has 0 spiro atoms. The maximum Gasteiger partial charge on any atom is 0.205 e. The average molecular weight is 229 g/mol. The third-order valence-corrected chi connectivity index (χ3v) is 3.27. The monoisotopic (exact) mass is 229 g/mol. The van der Waals surface area contributed by atoms with Crippen molar-refractivity contribution in [1.29, 1.82) is 0 Å². The highest BCUT2D eigenvalue weighted by Crippen LogP contribution is 2.24. The highest BCUT2D eigenvalue weighted by molar-refractivity contribution is 7.08. The number of imidazole rings is 1. The van der Waals surface area contributed by atoms with E-state index in [1.165, 1.54) is 5.56 Å². The maximum absolute atomic E-state index is 5.95. The number of nitrogens with zero attached hydrogens (tertiary/aromatic N) is 2. The van der Waals surface area contributed by atoms with Gasteiger partial charge in [0, 0.05) is 5.38 Å². The lowest BCUT2D eigenvalue weighted by atomic mass is 10.2. The number of thiophene rings is 1. The van der Waals surface area contributed by atoms with Crippen LogP contribution >= 0.6 is 11.3 Å². The van der Waals surface area contributed by atoms with Gasteiger partial charge in [-0.1, -0.05) is 6.07 Å². The van der Waals surface area contributed by atoms with Crippen molar-refractivity contribution in [2.75, 3.05) is 5.73 Å². The fraction of sp³-hybridized carbons (Fsp3) is 0.0833. The number of hydrogen-bond donors (Lipinski definition) is 1. The maximum atomic E-state index is 5.95. The molecule has 0 atom stereocenters. The van der Waals surface area contributed by atoms with Crippen molar-refractivity contribution >= 4 is 28.3 Å². The Bertz CT molecular complexity index is 638. The molecule has 3 nitrogen and oxygen atoms in total. The molecule has 16 heavy (non-hydrogen) atoms. The summed E-state index contributed by atoms with van der Waals surface area (Å²) in [6.45, 7) is 2.05. The van der Waals surface area contributed by atoms with Gasteiger partial charge in [0.15, 0.2) is 0 Å². The number of rotatable bonds is 1. The van der Waals surface area contributed by atoms with Gasteiger partial charge in [0.25, 0.3) is 0 Å². The number of aromatic nitrogens is 2. The summed E-state index contributed by atoms with van der Waals surface area (Å²) >= 11 is 1.65. The van der Waals surface area contributed by atoms with Crippen LogP contribution in [0.4, 0.5) is 5.95 Å². The second kappa shape index (κ2) is 3.35. The van der Waals surface area contributed by atoms with E-state index in [1.807, 2.05) is 16.0 Å². The average Bonchev–Trinajstić information content (AvgIpc) is 2.83. The molecule has 0 saturated carbocycles. The molecule has 2 aromatic heterocycles. The molecule has 4 heteroatoms. The number of nitrogens with two attached hydrogens (primary N) is 1. The van der Waals surface area contributed by atoms with Gasteiger partial charge in [-0.25, -0.2) is 4.98 Å². The molecule has 1 aromatic carbocycles. The second-order valence-corrected chi connectivity index (χ2v) is 4.56. The third-order valence-electron chi connectivity index (χ3n) is 2.60. The Morgan fingerprint density at radius 1 is 1.31 bits per heavy atom. The fourth-order valence-electron chi connectivity index (χ4n) is 1.86. The Balaban J connectivity index is 2.36. The van der Waals surface area contributed by atoms with Crippen molar-refractivity contribution in [2.24, 2.45) is 0 Å². The van der Waals surface area contributed by atoms with E-state index in [9.17, 15) is 0 Å². The Labute approximate surface area is 97.2 Å². The SMILES string of the molecule is Cc1ccc2c(c1)nc(N)n2-c1ccsc1. The summed E-state index contributed by atoms with van der Waals surface area (Å²) in [4.78, 5) is 4.38. The Kier molecular flexibility index (Phi) is 1.97. The van der Waals surface area contributed by atoms with Crippen LogP contribution in [0.5, 0.6) is 0 Å². The van der Waals surface area contributed by atoms with Crippen molar-refractivity contribution in [1.82, 2.24) is 9.55 Å². The first-order chi connectivity index (χ1) is 7.75. The van der Waals surface area contributed by atoms with E-state index < -0.39 is 0 Å². The number of benzene rings is 1. The van der Waals surface area contributed by atoms with Crippen LogP contribution in [0.2, 0.25) is 0 Å². The Morgan fingerprint density at radius 3 is 2.94 bits per heavy atom. The predicted octanol–water partition coefficient (Wildman–Crippen LogP) is 2.98. The molecule has 3 rings (SSSR count). The van der Waals surface area contributed by atoms with Gasteiger partial charge < -0.3 is 5.73 Å². The van der Waals surface area contributed by atoms with Crippen LogP contribution in [-0.4, -0.2) is 9.55 Å². The van der Waals surface area contributed by atoms with E-state index in [0.717, 1.165) is 16.7 Å². The molecule has 0 fully saturated rings. The van der Waals surface area contributed by atoms with Crippen molar-refractivity contribution in [3.63, 3.8) is 0 Å². The Hall–Kier alpha value is -1.81. The molecule has 3 aromatic rings. The zero-order valence-electron chi connectivity index (χ0n) is 8.84. The second-order valence-electron chi connectivity index (χ2n) is 3.78. The number of nitrogen functional groups attached to an aromatic ring is 1. The van der Waals surface area contributed by atoms with Crippen LogP contribution in [0.1, 0.15) is 5.56 Å². The minimum absolute atomic E-state index is 0.541. The first-order valence-corrected chi connectivity index (χ1v) is 5.97. The molecule has 0 amide bonds. The highest BCUT2D eigenvalue weighted by atomic mass is 32.1. The molecule has 0 aliphatic rings. The predicted molar refractivity (Wildman–Crippen MR) is 68.1 cm³/mol. The lowest BCUT2D eigenvalue weighted by Crippen LogP contribution is -1.98. The smallest absolute Gasteiger partial charge is 0.205 e. The summed E-state index contributed by atoms with van der Waals surface area (Å²) in [7, 11) is 0. The van der Waals surface area contributed by atoms with Crippen LogP contribution in [0.3, 0.4) is 0 Å². The van der Waals surface area contributed by atoms with E-state index in [2.05, 4.69) is 35.5 Å². The fourth-order valence-corrected chi connectivity index (χ4v) is 2.48. The molecule has 0 bridgehead atoms. The summed E-state index contributed by atoms with van der Waals surface area (Å²) in [5.41, 5.74) is 10.2. The van der Waals surface area contributed by atoms with Gasteiger partial charge >= 0.3 is 0 Å².